The second kappa shape index (κ2) is 8.64. The molecule has 1 aliphatic rings. The number of ether oxygens (including phenoxy) is 1. The Hall–Kier alpha value is -4.18. The van der Waals surface area contributed by atoms with Gasteiger partial charge in [-0.3, -0.25) is 19.3 Å². The number of benzene rings is 2. The first kappa shape index (κ1) is 23.0. The van der Waals surface area contributed by atoms with Crippen LogP contribution in [-0.4, -0.2) is 40.9 Å². The van der Waals surface area contributed by atoms with Gasteiger partial charge >= 0.3 is 5.97 Å². The van der Waals surface area contributed by atoms with Crippen molar-refractivity contribution in [1.29, 1.82) is 0 Å². The molecule has 2 aromatic carbocycles. The molecule has 4 N–H and O–H groups in total. The highest BCUT2D eigenvalue weighted by molar-refractivity contribution is 7.20. The molecule has 0 saturated heterocycles. The maximum Gasteiger partial charge on any atom is 0.335 e. The van der Waals surface area contributed by atoms with E-state index < -0.39 is 35.8 Å². The Labute approximate surface area is 198 Å². The molecule has 2 heterocycles. The molecule has 0 spiro atoms. The van der Waals surface area contributed by atoms with Gasteiger partial charge in [0.05, 0.1) is 16.8 Å². The number of amides is 3. The lowest BCUT2D eigenvalue weighted by Crippen LogP contribution is -2.54. The number of thiophene rings is 1. The van der Waals surface area contributed by atoms with Gasteiger partial charge in [-0.2, -0.15) is 0 Å². The Bertz CT molecular complexity index is 1320. The molecular weight excluding hydrogens is 458 g/mol. The van der Waals surface area contributed by atoms with Crippen LogP contribution in [0.4, 0.5) is 10.7 Å². The maximum atomic E-state index is 13.0. The number of hydrogen-bond donors (Lipinski definition) is 3. The number of carbonyl (C=O) groups excluding carboxylic acids is 3. The number of fused-ring (bicyclic) bond motifs is 1. The SMILES string of the molecule is CC1(C)Oc2ccc(C(=O)O)cc2N(CC(=O)Nc2sc(-c3ccccc3)cc2C(N)=O)C1=O. The molecule has 34 heavy (non-hydrogen) atoms. The molecule has 9 nitrogen and oxygen atoms in total. The molecule has 3 amide bonds. The molecule has 0 fully saturated rings. The largest absolute Gasteiger partial charge is 0.478 e. The van der Waals surface area contributed by atoms with Crippen LogP contribution in [0.1, 0.15) is 34.6 Å². The average molecular weight is 480 g/mol. The number of carboxylic acids is 1. The van der Waals surface area contributed by atoms with Crippen LogP contribution in [0, 0.1) is 0 Å². The van der Waals surface area contributed by atoms with E-state index in [-0.39, 0.29) is 27.6 Å². The van der Waals surface area contributed by atoms with Crippen molar-refractivity contribution < 1.29 is 29.0 Å². The maximum absolute atomic E-state index is 13.0. The zero-order valence-corrected chi connectivity index (χ0v) is 19.1. The van der Waals surface area contributed by atoms with E-state index in [1.165, 1.54) is 34.4 Å². The fourth-order valence-corrected chi connectivity index (χ4v) is 4.66. The number of nitrogens with zero attached hydrogens (tertiary/aromatic N) is 1. The zero-order valence-electron chi connectivity index (χ0n) is 18.3. The minimum Gasteiger partial charge on any atom is -0.478 e. The summed E-state index contributed by atoms with van der Waals surface area (Å²) < 4.78 is 5.72. The third-order valence-corrected chi connectivity index (χ3v) is 6.33. The highest BCUT2D eigenvalue weighted by Crippen LogP contribution is 2.39. The molecule has 4 rings (SSSR count). The predicted molar refractivity (Wildman–Crippen MR) is 127 cm³/mol. The van der Waals surface area contributed by atoms with E-state index in [1.807, 2.05) is 30.3 Å². The summed E-state index contributed by atoms with van der Waals surface area (Å²) in [6.45, 7) is 2.70. The monoisotopic (exact) mass is 479 g/mol. The van der Waals surface area contributed by atoms with Gasteiger partial charge in [-0.05, 0) is 43.7 Å². The second-order valence-electron chi connectivity index (χ2n) is 8.12. The van der Waals surface area contributed by atoms with Crippen molar-refractivity contribution in [2.24, 2.45) is 5.73 Å². The van der Waals surface area contributed by atoms with Gasteiger partial charge < -0.3 is 20.9 Å². The standard InChI is InChI=1S/C24H21N3O6S/c1-24(2)23(32)27(16-10-14(22(30)31)8-9-17(16)33-24)12-19(28)26-21-15(20(25)29)11-18(34-21)13-6-4-3-5-7-13/h3-11H,12H2,1-2H3,(H2,25,29)(H,26,28)(H,30,31). The Morgan fingerprint density at radius 2 is 1.82 bits per heavy atom. The number of carboxylic acid groups (broad SMARTS) is 1. The number of anilines is 2. The minimum atomic E-state index is -1.26. The zero-order chi connectivity index (χ0) is 24.6. The molecule has 1 aliphatic heterocycles. The average Bonchev–Trinajstić information content (AvgIpc) is 3.21. The van der Waals surface area contributed by atoms with E-state index in [0.29, 0.717) is 0 Å². The van der Waals surface area contributed by atoms with E-state index in [0.717, 1.165) is 10.4 Å². The van der Waals surface area contributed by atoms with E-state index in [1.54, 1.807) is 19.9 Å². The van der Waals surface area contributed by atoms with Gasteiger partial charge in [0, 0.05) is 4.88 Å². The Kier molecular flexibility index (Phi) is 5.84. The van der Waals surface area contributed by atoms with E-state index in [2.05, 4.69) is 5.32 Å². The van der Waals surface area contributed by atoms with Crippen LogP contribution >= 0.6 is 11.3 Å². The number of hydrogen-bond acceptors (Lipinski definition) is 6. The summed E-state index contributed by atoms with van der Waals surface area (Å²) in [4.78, 5) is 51.3. The molecule has 0 unspecified atom stereocenters. The van der Waals surface area contributed by atoms with Crippen molar-refractivity contribution in [1.82, 2.24) is 0 Å². The van der Waals surface area contributed by atoms with Gasteiger partial charge in [0.25, 0.3) is 11.8 Å². The van der Waals surface area contributed by atoms with Crippen LogP contribution < -0.4 is 20.7 Å². The fourth-order valence-electron chi connectivity index (χ4n) is 3.58. The van der Waals surface area contributed by atoms with Crippen molar-refractivity contribution >= 4 is 45.7 Å². The van der Waals surface area contributed by atoms with Crippen LogP contribution in [0.2, 0.25) is 0 Å². The lowest BCUT2D eigenvalue weighted by Gasteiger charge is -2.38. The molecule has 174 valence electrons. The topological polar surface area (TPSA) is 139 Å². The number of nitrogens with two attached hydrogens (primary N) is 1. The summed E-state index contributed by atoms with van der Waals surface area (Å²) in [6.07, 6.45) is 0. The summed E-state index contributed by atoms with van der Waals surface area (Å²) in [5.74, 6) is -2.69. The molecule has 0 bridgehead atoms. The van der Waals surface area contributed by atoms with Crippen LogP contribution in [0.3, 0.4) is 0 Å². The highest BCUT2D eigenvalue weighted by Gasteiger charge is 2.42. The van der Waals surface area contributed by atoms with Gasteiger partial charge in [-0.25, -0.2) is 4.79 Å². The highest BCUT2D eigenvalue weighted by atomic mass is 32.1. The van der Waals surface area contributed by atoms with Gasteiger partial charge in [-0.1, -0.05) is 30.3 Å². The van der Waals surface area contributed by atoms with Gasteiger partial charge in [-0.15, -0.1) is 11.3 Å². The summed E-state index contributed by atoms with van der Waals surface area (Å²) in [5.41, 5.74) is 5.38. The van der Waals surface area contributed by atoms with Crippen LogP contribution in [0.5, 0.6) is 5.75 Å². The van der Waals surface area contributed by atoms with Crippen LogP contribution in [0.15, 0.2) is 54.6 Å². The number of rotatable bonds is 6. The first-order valence-electron chi connectivity index (χ1n) is 10.2. The molecule has 3 aromatic rings. The predicted octanol–water partition coefficient (Wildman–Crippen LogP) is 3.35. The quantitative estimate of drug-likeness (QED) is 0.495. The molecular formula is C24H21N3O6S. The second-order valence-corrected chi connectivity index (χ2v) is 9.18. The molecule has 0 radical (unpaired) electrons. The first-order chi connectivity index (χ1) is 16.1. The summed E-state index contributed by atoms with van der Waals surface area (Å²) in [5, 5.41) is 12.3. The Morgan fingerprint density at radius 1 is 1.12 bits per heavy atom. The number of primary amides is 1. The Morgan fingerprint density at radius 3 is 2.47 bits per heavy atom. The molecule has 0 saturated carbocycles. The van der Waals surface area contributed by atoms with Crippen molar-refractivity contribution in [3.8, 4) is 16.2 Å². The summed E-state index contributed by atoms with van der Waals surface area (Å²) in [6, 6.07) is 15.0. The molecule has 0 atom stereocenters. The van der Waals surface area contributed by atoms with Crippen molar-refractivity contribution in [3.05, 3.63) is 65.7 Å². The smallest absolute Gasteiger partial charge is 0.335 e. The van der Waals surface area contributed by atoms with E-state index in [4.69, 9.17) is 10.5 Å². The van der Waals surface area contributed by atoms with E-state index in [9.17, 15) is 24.3 Å². The molecule has 10 heteroatoms. The fraction of sp³-hybridized carbons (Fsp3) is 0.167. The third-order valence-electron chi connectivity index (χ3n) is 5.23. The van der Waals surface area contributed by atoms with Gasteiger partial charge in [0.1, 0.15) is 17.3 Å². The summed E-state index contributed by atoms with van der Waals surface area (Å²) in [7, 11) is 0. The van der Waals surface area contributed by atoms with Crippen molar-refractivity contribution in [2.45, 2.75) is 19.4 Å². The first-order valence-corrected chi connectivity index (χ1v) is 11.1. The third kappa shape index (κ3) is 4.35. The van der Waals surface area contributed by atoms with Crippen LogP contribution in [0.25, 0.3) is 10.4 Å². The van der Waals surface area contributed by atoms with E-state index >= 15 is 0 Å². The van der Waals surface area contributed by atoms with Crippen molar-refractivity contribution in [2.75, 3.05) is 16.8 Å². The lowest BCUT2D eigenvalue weighted by molar-refractivity contribution is -0.133. The number of nitrogens with one attached hydrogen (secondary N) is 1. The number of aromatic carboxylic acids is 1. The molecule has 1 aromatic heterocycles. The minimum absolute atomic E-state index is 0.0537. The Balaban J connectivity index is 1.64. The normalized spacial score (nSPS) is 14.2. The van der Waals surface area contributed by atoms with Crippen molar-refractivity contribution in [3.63, 3.8) is 0 Å². The van der Waals surface area contributed by atoms with Gasteiger partial charge in [0.2, 0.25) is 5.91 Å². The number of carbonyl (C=O) groups is 4. The van der Waals surface area contributed by atoms with Crippen LogP contribution in [-0.2, 0) is 9.59 Å². The summed E-state index contributed by atoms with van der Waals surface area (Å²) >= 11 is 1.19. The van der Waals surface area contributed by atoms with Gasteiger partial charge in [0.15, 0.2) is 5.60 Å². The molecule has 0 aliphatic carbocycles. The lowest BCUT2D eigenvalue weighted by atomic mass is 10.0.